The van der Waals surface area contributed by atoms with E-state index in [9.17, 15) is 4.79 Å². The number of methoxy groups -OCH3 is 1. The highest BCUT2D eigenvalue weighted by Crippen LogP contribution is 2.30. The molecule has 0 fully saturated rings. The van der Waals surface area contributed by atoms with Crippen LogP contribution in [0.2, 0.25) is 0 Å². The van der Waals surface area contributed by atoms with Crippen LogP contribution in [0.25, 0.3) is 5.69 Å². The molecule has 1 aromatic carbocycles. The molecular weight excluding hydrogens is 306 g/mol. The Kier molecular flexibility index (Phi) is 3.19. The van der Waals surface area contributed by atoms with E-state index in [1.807, 2.05) is 30.5 Å². The van der Waals surface area contributed by atoms with Crippen molar-refractivity contribution >= 4 is 21.7 Å². The van der Waals surface area contributed by atoms with E-state index >= 15 is 0 Å². The molecule has 3 rings (SSSR count). The van der Waals surface area contributed by atoms with Gasteiger partial charge in [0.15, 0.2) is 5.78 Å². The van der Waals surface area contributed by atoms with Crippen LogP contribution < -0.4 is 4.74 Å². The van der Waals surface area contributed by atoms with Crippen molar-refractivity contribution in [1.29, 1.82) is 0 Å². The lowest BCUT2D eigenvalue weighted by molar-refractivity contribution is 0.0972. The third kappa shape index (κ3) is 2.10. The molecule has 98 valence electrons. The van der Waals surface area contributed by atoms with Crippen molar-refractivity contribution in [3.05, 3.63) is 46.2 Å². The van der Waals surface area contributed by atoms with Crippen LogP contribution in [0.1, 0.15) is 28.9 Å². The first kappa shape index (κ1) is 12.5. The molecule has 0 amide bonds. The van der Waals surface area contributed by atoms with Gasteiger partial charge in [-0.05, 0) is 53.0 Å². The van der Waals surface area contributed by atoms with Gasteiger partial charge in [0, 0.05) is 29.6 Å². The molecule has 3 nitrogen and oxygen atoms in total. The summed E-state index contributed by atoms with van der Waals surface area (Å²) in [6.07, 6.45) is 4.54. The third-order valence-corrected chi connectivity index (χ3v) is 4.14. The van der Waals surface area contributed by atoms with E-state index in [1.54, 1.807) is 7.11 Å². The summed E-state index contributed by atoms with van der Waals surface area (Å²) in [5.74, 6) is 1.06. The standard InChI is InChI=1S/C15H14BrNO2/c1-19-15-6-5-10(9-12(15)16)17-8-7-11-13(17)3-2-4-14(11)18/h5-9H,2-4H2,1H3. The van der Waals surface area contributed by atoms with Crippen LogP contribution in [-0.4, -0.2) is 17.5 Å². The van der Waals surface area contributed by atoms with Crippen molar-refractivity contribution in [1.82, 2.24) is 4.57 Å². The molecule has 1 aliphatic rings. The molecule has 1 heterocycles. The van der Waals surface area contributed by atoms with Crippen LogP contribution in [0.15, 0.2) is 34.9 Å². The highest BCUT2D eigenvalue weighted by atomic mass is 79.9. The molecule has 0 spiro atoms. The monoisotopic (exact) mass is 319 g/mol. The second kappa shape index (κ2) is 4.85. The molecule has 2 aromatic rings. The summed E-state index contributed by atoms with van der Waals surface area (Å²) < 4.78 is 8.24. The zero-order valence-corrected chi connectivity index (χ0v) is 12.2. The fourth-order valence-corrected chi connectivity index (χ4v) is 3.10. The minimum Gasteiger partial charge on any atom is -0.496 e. The maximum Gasteiger partial charge on any atom is 0.164 e. The summed E-state index contributed by atoms with van der Waals surface area (Å²) in [6, 6.07) is 7.87. The molecule has 0 unspecified atom stereocenters. The van der Waals surface area contributed by atoms with Gasteiger partial charge in [0.05, 0.1) is 11.6 Å². The minimum absolute atomic E-state index is 0.257. The molecule has 0 N–H and O–H groups in total. The van der Waals surface area contributed by atoms with Crippen LogP contribution in [0, 0.1) is 0 Å². The first-order chi connectivity index (χ1) is 9.20. The number of ether oxygens (including phenoxy) is 1. The molecule has 0 radical (unpaired) electrons. The van der Waals surface area contributed by atoms with Gasteiger partial charge in [-0.2, -0.15) is 0 Å². The molecule has 1 aliphatic carbocycles. The van der Waals surface area contributed by atoms with Crippen molar-refractivity contribution < 1.29 is 9.53 Å². The summed E-state index contributed by atoms with van der Waals surface area (Å²) in [4.78, 5) is 11.9. The summed E-state index contributed by atoms with van der Waals surface area (Å²) in [5, 5.41) is 0. The van der Waals surface area contributed by atoms with Gasteiger partial charge >= 0.3 is 0 Å². The molecule has 19 heavy (non-hydrogen) atoms. The van der Waals surface area contributed by atoms with Gasteiger partial charge in [-0.3, -0.25) is 4.79 Å². The number of benzene rings is 1. The van der Waals surface area contributed by atoms with Crippen LogP contribution in [0.5, 0.6) is 5.75 Å². The predicted octanol–water partition coefficient (Wildman–Crippen LogP) is 3.77. The predicted molar refractivity (Wildman–Crippen MR) is 77.3 cm³/mol. The van der Waals surface area contributed by atoms with Crippen molar-refractivity contribution in [2.24, 2.45) is 0 Å². The van der Waals surface area contributed by atoms with Gasteiger partial charge in [-0.1, -0.05) is 0 Å². The Bertz CT molecular complexity index is 646. The fourth-order valence-electron chi connectivity index (χ4n) is 2.57. The van der Waals surface area contributed by atoms with Crippen LogP contribution in [0.4, 0.5) is 0 Å². The van der Waals surface area contributed by atoms with E-state index in [0.717, 1.165) is 40.0 Å². The third-order valence-electron chi connectivity index (χ3n) is 3.52. The van der Waals surface area contributed by atoms with Gasteiger partial charge in [-0.15, -0.1) is 0 Å². The Balaban J connectivity index is 2.08. The van der Waals surface area contributed by atoms with Gasteiger partial charge in [0.2, 0.25) is 0 Å². The van der Waals surface area contributed by atoms with E-state index in [4.69, 9.17) is 4.74 Å². The minimum atomic E-state index is 0.257. The maximum atomic E-state index is 11.9. The first-order valence-electron chi connectivity index (χ1n) is 6.28. The van der Waals surface area contributed by atoms with E-state index in [1.165, 1.54) is 0 Å². The Morgan fingerprint density at radius 2 is 2.11 bits per heavy atom. The molecule has 4 heteroatoms. The Morgan fingerprint density at radius 1 is 1.26 bits per heavy atom. The lowest BCUT2D eigenvalue weighted by Crippen LogP contribution is -2.12. The normalized spacial score (nSPS) is 14.3. The molecular formula is C15H14BrNO2. The van der Waals surface area contributed by atoms with E-state index < -0.39 is 0 Å². The topological polar surface area (TPSA) is 31.2 Å². The fraction of sp³-hybridized carbons (Fsp3) is 0.267. The molecule has 0 aliphatic heterocycles. The number of carbonyl (C=O) groups is 1. The number of aromatic nitrogens is 1. The zero-order chi connectivity index (χ0) is 13.4. The zero-order valence-electron chi connectivity index (χ0n) is 10.6. The summed E-state index contributed by atoms with van der Waals surface area (Å²) in [7, 11) is 1.65. The van der Waals surface area contributed by atoms with E-state index in [0.29, 0.717) is 6.42 Å². The highest BCUT2D eigenvalue weighted by Gasteiger charge is 2.21. The number of halogens is 1. The SMILES string of the molecule is COc1ccc(-n2ccc3c2CCCC3=O)cc1Br. The van der Waals surface area contributed by atoms with Crippen LogP contribution >= 0.6 is 15.9 Å². The number of carbonyl (C=O) groups excluding carboxylic acids is 1. The van der Waals surface area contributed by atoms with Gasteiger partial charge in [0.25, 0.3) is 0 Å². The number of hydrogen-bond donors (Lipinski definition) is 0. The number of nitrogens with zero attached hydrogens (tertiary/aromatic N) is 1. The largest absolute Gasteiger partial charge is 0.496 e. The van der Waals surface area contributed by atoms with Crippen molar-refractivity contribution in [3.63, 3.8) is 0 Å². The molecule has 0 atom stereocenters. The lowest BCUT2D eigenvalue weighted by Gasteiger charge is -2.15. The maximum absolute atomic E-state index is 11.9. The Labute approximate surface area is 120 Å². The molecule has 0 bridgehead atoms. The second-order valence-corrected chi connectivity index (χ2v) is 5.50. The molecule has 1 aromatic heterocycles. The van der Waals surface area contributed by atoms with Gasteiger partial charge in [-0.25, -0.2) is 0 Å². The number of ketones is 1. The number of rotatable bonds is 2. The molecule has 0 saturated carbocycles. The average Bonchev–Trinajstić information content (AvgIpc) is 2.84. The number of Topliss-reactive ketones (excluding diaryl/α,β-unsaturated/α-hetero) is 1. The second-order valence-electron chi connectivity index (χ2n) is 4.64. The van der Waals surface area contributed by atoms with Crippen molar-refractivity contribution in [2.75, 3.05) is 7.11 Å². The van der Waals surface area contributed by atoms with Crippen molar-refractivity contribution in [3.8, 4) is 11.4 Å². The van der Waals surface area contributed by atoms with E-state index in [2.05, 4.69) is 20.5 Å². The Morgan fingerprint density at radius 3 is 2.84 bits per heavy atom. The average molecular weight is 320 g/mol. The van der Waals surface area contributed by atoms with Crippen molar-refractivity contribution in [2.45, 2.75) is 19.3 Å². The summed E-state index contributed by atoms with van der Waals surface area (Å²) >= 11 is 3.50. The quantitative estimate of drug-likeness (QED) is 0.843. The van der Waals surface area contributed by atoms with Gasteiger partial charge in [0.1, 0.15) is 5.75 Å². The summed E-state index contributed by atoms with van der Waals surface area (Å²) in [5.41, 5.74) is 3.04. The highest BCUT2D eigenvalue weighted by molar-refractivity contribution is 9.10. The van der Waals surface area contributed by atoms with Crippen LogP contribution in [-0.2, 0) is 6.42 Å². The lowest BCUT2D eigenvalue weighted by atomic mass is 9.97. The number of fused-ring (bicyclic) bond motifs is 1. The van der Waals surface area contributed by atoms with Crippen LogP contribution in [0.3, 0.4) is 0 Å². The summed E-state index contributed by atoms with van der Waals surface area (Å²) in [6.45, 7) is 0. The smallest absolute Gasteiger partial charge is 0.164 e. The first-order valence-corrected chi connectivity index (χ1v) is 7.07. The van der Waals surface area contributed by atoms with Gasteiger partial charge < -0.3 is 9.30 Å². The molecule has 0 saturated heterocycles. The number of hydrogen-bond acceptors (Lipinski definition) is 2. The van der Waals surface area contributed by atoms with E-state index in [-0.39, 0.29) is 5.78 Å². The Hall–Kier alpha value is -1.55.